The summed E-state index contributed by atoms with van der Waals surface area (Å²) in [5, 5.41) is 2.17. The molecular weight excluding hydrogens is 316 g/mol. The Balaban J connectivity index is 2.18. The van der Waals surface area contributed by atoms with Gasteiger partial charge in [-0.25, -0.2) is 0 Å². The van der Waals surface area contributed by atoms with Crippen LogP contribution in [0.5, 0.6) is 5.75 Å². The predicted octanol–water partition coefficient (Wildman–Crippen LogP) is 3.18. The Kier molecular flexibility index (Phi) is 6.11. The Bertz CT molecular complexity index is 689. The van der Waals surface area contributed by atoms with E-state index in [2.05, 4.69) is 10.3 Å². The molecule has 0 saturated carbocycles. The van der Waals surface area contributed by atoms with E-state index in [9.17, 15) is 9.59 Å². The third kappa shape index (κ3) is 4.79. The van der Waals surface area contributed by atoms with Gasteiger partial charge in [-0.15, -0.1) is 0 Å². The minimum atomic E-state index is -0.617. The van der Waals surface area contributed by atoms with E-state index in [1.165, 1.54) is 12.1 Å². The van der Waals surface area contributed by atoms with Gasteiger partial charge >= 0.3 is 0 Å². The number of carbonyl (C=O) groups is 2. The van der Waals surface area contributed by atoms with Crippen molar-refractivity contribution in [1.29, 1.82) is 0 Å². The first-order valence-corrected chi connectivity index (χ1v) is 7.63. The predicted molar refractivity (Wildman–Crippen MR) is 87.8 cm³/mol. The van der Waals surface area contributed by atoms with Crippen molar-refractivity contribution in [2.75, 3.05) is 6.61 Å². The first kappa shape index (κ1) is 17.0. The van der Waals surface area contributed by atoms with Gasteiger partial charge in [-0.3, -0.25) is 14.6 Å². The van der Waals surface area contributed by atoms with Crippen molar-refractivity contribution in [3.8, 4) is 5.75 Å². The maximum Gasteiger partial charge on any atom is 0.255 e. The highest BCUT2D eigenvalue weighted by Crippen LogP contribution is 2.21. The number of halogens is 1. The normalized spacial score (nSPS) is 10.2. The number of rotatable bonds is 7. The van der Waals surface area contributed by atoms with Crippen LogP contribution in [0, 0.1) is 0 Å². The second-order valence-electron chi connectivity index (χ2n) is 4.88. The Hall–Kier alpha value is -2.40. The number of carbonyl (C=O) groups excluding carboxylic acids is 2. The number of aromatic nitrogens is 1. The zero-order valence-electron chi connectivity index (χ0n) is 12.7. The van der Waals surface area contributed by atoms with Gasteiger partial charge in [0, 0.05) is 24.5 Å². The van der Waals surface area contributed by atoms with Crippen LogP contribution >= 0.6 is 11.6 Å². The van der Waals surface area contributed by atoms with Crippen LogP contribution in [0.1, 0.15) is 39.6 Å². The van der Waals surface area contributed by atoms with E-state index in [1.54, 1.807) is 24.5 Å². The maximum atomic E-state index is 12.4. The van der Waals surface area contributed by atoms with E-state index in [-0.39, 0.29) is 17.0 Å². The fourth-order valence-corrected chi connectivity index (χ4v) is 2.07. The molecule has 0 radical (unpaired) electrons. The van der Waals surface area contributed by atoms with E-state index in [0.29, 0.717) is 18.9 Å². The molecule has 2 rings (SSSR count). The van der Waals surface area contributed by atoms with Gasteiger partial charge in [0.15, 0.2) is 0 Å². The fourth-order valence-electron chi connectivity index (χ4n) is 1.95. The van der Waals surface area contributed by atoms with Crippen LogP contribution in [0.2, 0.25) is 0 Å². The number of nitrogens with one attached hydrogen (secondary N) is 1. The number of benzene rings is 1. The van der Waals surface area contributed by atoms with Gasteiger partial charge in [0.25, 0.3) is 11.1 Å². The quantitative estimate of drug-likeness (QED) is 0.791. The van der Waals surface area contributed by atoms with Crippen LogP contribution < -0.4 is 10.1 Å². The van der Waals surface area contributed by atoms with Crippen molar-refractivity contribution in [2.24, 2.45) is 0 Å². The minimum absolute atomic E-state index is 0.252. The third-order valence-corrected chi connectivity index (χ3v) is 3.31. The molecule has 0 saturated heterocycles. The lowest BCUT2D eigenvalue weighted by Gasteiger charge is -2.12. The molecule has 0 fully saturated rings. The van der Waals surface area contributed by atoms with Gasteiger partial charge in [-0.2, -0.15) is 0 Å². The number of hydrogen-bond acceptors (Lipinski definition) is 4. The van der Waals surface area contributed by atoms with Crippen LogP contribution in [0.3, 0.4) is 0 Å². The fraction of sp³-hybridized carbons (Fsp3) is 0.235. The average molecular weight is 333 g/mol. The summed E-state index contributed by atoms with van der Waals surface area (Å²) in [6, 6.07) is 8.23. The van der Waals surface area contributed by atoms with E-state index >= 15 is 0 Å². The Morgan fingerprint density at radius 3 is 2.78 bits per heavy atom. The van der Waals surface area contributed by atoms with E-state index in [0.717, 1.165) is 12.0 Å². The largest absolute Gasteiger partial charge is 0.493 e. The topological polar surface area (TPSA) is 68.3 Å². The second kappa shape index (κ2) is 8.29. The van der Waals surface area contributed by atoms with Gasteiger partial charge in [-0.1, -0.05) is 13.0 Å². The smallest absolute Gasteiger partial charge is 0.255 e. The Morgan fingerprint density at radius 2 is 2.13 bits per heavy atom. The van der Waals surface area contributed by atoms with E-state index < -0.39 is 5.24 Å². The number of hydrogen-bond donors (Lipinski definition) is 1. The number of ether oxygens (including phenoxy) is 1. The number of amides is 1. The summed E-state index contributed by atoms with van der Waals surface area (Å²) in [6.07, 6.45) is 4.15. The van der Waals surface area contributed by atoms with E-state index in [1.807, 2.05) is 13.0 Å². The minimum Gasteiger partial charge on any atom is -0.493 e. The highest BCUT2D eigenvalue weighted by molar-refractivity contribution is 6.67. The molecule has 1 N–H and O–H groups in total. The summed E-state index contributed by atoms with van der Waals surface area (Å²) in [6.45, 7) is 2.79. The summed E-state index contributed by atoms with van der Waals surface area (Å²) in [4.78, 5) is 27.7. The maximum absolute atomic E-state index is 12.4. The molecule has 0 aliphatic rings. The highest BCUT2D eigenvalue weighted by atomic mass is 35.5. The first-order chi connectivity index (χ1) is 11.1. The molecular formula is C17H17ClN2O3. The summed E-state index contributed by atoms with van der Waals surface area (Å²) in [7, 11) is 0. The molecule has 23 heavy (non-hydrogen) atoms. The molecule has 1 aromatic carbocycles. The van der Waals surface area contributed by atoms with E-state index in [4.69, 9.17) is 16.3 Å². The standard InChI is InChI=1S/C17H17ClN2O3/c1-2-8-23-15-6-5-13(16(18)21)9-14(15)17(22)20-11-12-4-3-7-19-10-12/h3-7,9-10H,2,8,11H2,1H3,(H,20,22). The molecule has 5 nitrogen and oxygen atoms in total. The number of pyridine rings is 1. The summed E-state index contributed by atoms with van der Waals surface area (Å²) >= 11 is 5.49. The summed E-state index contributed by atoms with van der Waals surface area (Å²) < 4.78 is 5.57. The van der Waals surface area contributed by atoms with Crippen molar-refractivity contribution >= 4 is 22.8 Å². The lowest BCUT2D eigenvalue weighted by atomic mass is 10.1. The van der Waals surface area contributed by atoms with Crippen molar-refractivity contribution < 1.29 is 14.3 Å². The highest BCUT2D eigenvalue weighted by Gasteiger charge is 2.15. The molecule has 0 unspecified atom stereocenters. The van der Waals surface area contributed by atoms with Crippen molar-refractivity contribution in [3.63, 3.8) is 0 Å². The van der Waals surface area contributed by atoms with Crippen LogP contribution in [0.25, 0.3) is 0 Å². The van der Waals surface area contributed by atoms with Crippen LogP contribution in [-0.4, -0.2) is 22.7 Å². The molecule has 1 aromatic heterocycles. The molecule has 0 spiro atoms. The van der Waals surface area contributed by atoms with Crippen LogP contribution in [0.15, 0.2) is 42.7 Å². The Morgan fingerprint density at radius 1 is 1.30 bits per heavy atom. The molecule has 1 heterocycles. The second-order valence-corrected chi connectivity index (χ2v) is 5.22. The van der Waals surface area contributed by atoms with Crippen molar-refractivity contribution in [2.45, 2.75) is 19.9 Å². The molecule has 6 heteroatoms. The molecule has 1 amide bonds. The van der Waals surface area contributed by atoms with Gasteiger partial charge < -0.3 is 10.1 Å². The van der Waals surface area contributed by atoms with Gasteiger partial charge in [-0.05, 0) is 47.9 Å². The number of nitrogens with zero attached hydrogens (tertiary/aromatic N) is 1. The van der Waals surface area contributed by atoms with Crippen molar-refractivity contribution in [1.82, 2.24) is 10.3 Å². The molecule has 0 bridgehead atoms. The Labute approximate surface area is 139 Å². The monoisotopic (exact) mass is 332 g/mol. The lowest BCUT2D eigenvalue weighted by molar-refractivity contribution is 0.0946. The zero-order chi connectivity index (χ0) is 16.7. The van der Waals surface area contributed by atoms with Gasteiger partial charge in [0.05, 0.1) is 12.2 Å². The zero-order valence-corrected chi connectivity index (χ0v) is 13.5. The SMILES string of the molecule is CCCOc1ccc(C(=O)Cl)cc1C(=O)NCc1cccnc1. The molecule has 0 aliphatic carbocycles. The summed E-state index contributed by atoms with van der Waals surface area (Å²) in [5.74, 6) is 0.0944. The van der Waals surface area contributed by atoms with Crippen molar-refractivity contribution in [3.05, 3.63) is 59.4 Å². The van der Waals surface area contributed by atoms with Crippen LogP contribution in [-0.2, 0) is 6.54 Å². The third-order valence-electron chi connectivity index (χ3n) is 3.09. The molecule has 0 aliphatic heterocycles. The first-order valence-electron chi connectivity index (χ1n) is 7.25. The van der Waals surface area contributed by atoms with Crippen LogP contribution in [0.4, 0.5) is 0 Å². The molecule has 120 valence electrons. The summed E-state index contributed by atoms with van der Waals surface area (Å²) in [5.41, 5.74) is 1.41. The molecule has 2 aromatic rings. The average Bonchev–Trinajstić information content (AvgIpc) is 2.58. The lowest BCUT2D eigenvalue weighted by Crippen LogP contribution is -2.24. The molecule has 0 atom stereocenters. The van der Waals surface area contributed by atoms with Gasteiger partial charge in [0.1, 0.15) is 5.75 Å². The van der Waals surface area contributed by atoms with Gasteiger partial charge in [0.2, 0.25) is 0 Å².